The fourth-order valence-corrected chi connectivity index (χ4v) is 3.22. The smallest absolute Gasteiger partial charge is 0.261 e. The highest BCUT2D eigenvalue weighted by Gasteiger charge is 2.29. The van der Waals surface area contributed by atoms with Gasteiger partial charge < -0.3 is 15.0 Å². The number of rotatable bonds is 10. The molecule has 6 heteroatoms. The van der Waals surface area contributed by atoms with Crippen LogP contribution in [0.15, 0.2) is 48.5 Å². The Hall–Kier alpha value is -2.53. The lowest BCUT2D eigenvalue weighted by molar-refractivity contribution is -0.143. The Morgan fingerprint density at radius 2 is 1.73 bits per heavy atom. The Labute approximate surface area is 184 Å². The molecule has 1 N–H and O–H groups in total. The summed E-state index contributed by atoms with van der Waals surface area (Å²) in [5, 5.41) is 3.61. The number of nitrogens with one attached hydrogen (secondary N) is 1. The van der Waals surface area contributed by atoms with Crippen LogP contribution in [-0.4, -0.2) is 35.4 Å². The fourth-order valence-electron chi connectivity index (χ4n) is 3.09. The lowest BCUT2D eigenvalue weighted by Gasteiger charge is -2.31. The molecule has 5 nitrogen and oxygen atoms in total. The van der Waals surface area contributed by atoms with E-state index in [1.165, 1.54) is 0 Å². The van der Waals surface area contributed by atoms with Crippen molar-refractivity contribution in [1.82, 2.24) is 10.2 Å². The van der Waals surface area contributed by atoms with Gasteiger partial charge in [-0.3, -0.25) is 9.59 Å². The molecular formula is C24H31ClN2O3. The number of benzene rings is 2. The van der Waals surface area contributed by atoms with Crippen LogP contribution in [0.25, 0.3) is 0 Å². The average molecular weight is 431 g/mol. The van der Waals surface area contributed by atoms with Crippen LogP contribution < -0.4 is 10.1 Å². The molecule has 2 atom stereocenters. The maximum Gasteiger partial charge on any atom is 0.261 e. The molecule has 0 spiro atoms. The third kappa shape index (κ3) is 6.77. The first-order valence-electron chi connectivity index (χ1n) is 10.4. The zero-order valence-corrected chi connectivity index (χ0v) is 18.9. The minimum atomic E-state index is -0.570. The van der Waals surface area contributed by atoms with E-state index < -0.39 is 6.04 Å². The Balaban J connectivity index is 2.21. The van der Waals surface area contributed by atoms with Crippen molar-refractivity contribution in [3.8, 4) is 5.75 Å². The topological polar surface area (TPSA) is 58.6 Å². The van der Waals surface area contributed by atoms with E-state index in [2.05, 4.69) is 5.32 Å². The standard InChI is InChI=1S/C24H31ClN2O3/c1-5-18(4)26-24(29)22(6-2)27(15-19-10-8-7-9-17(19)3)23(28)16-30-21-13-11-20(25)12-14-21/h7-14,18,22H,5-6,15-16H2,1-4H3,(H,26,29). The first kappa shape index (κ1) is 23.7. The Bertz CT molecular complexity index is 839. The van der Waals surface area contributed by atoms with E-state index >= 15 is 0 Å². The maximum atomic E-state index is 13.2. The summed E-state index contributed by atoms with van der Waals surface area (Å²) in [6.07, 6.45) is 1.34. The molecule has 30 heavy (non-hydrogen) atoms. The van der Waals surface area contributed by atoms with E-state index in [0.29, 0.717) is 23.7 Å². The number of carbonyl (C=O) groups is 2. The highest BCUT2D eigenvalue weighted by atomic mass is 35.5. The summed E-state index contributed by atoms with van der Waals surface area (Å²) in [5.74, 6) is 0.181. The third-order valence-electron chi connectivity index (χ3n) is 5.16. The van der Waals surface area contributed by atoms with Crippen LogP contribution in [-0.2, 0) is 16.1 Å². The molecular weight excluding hydrogens is 400 g/mol. The van der Waals surface area contributed by atoms with E-state index in [0.717, 1.165) is 17.5 Å². The third-order valence-corrected chi connectivity index (χ3v) is 5.42. The van der Waals surface area contributed by atoms with Gasteiger partial charge in [-0.2, -0.15) is 0 Å². The number of aryl methyl sites for hydroxylation is 1. The molecule has 2 aromatic carbocycles. The summed E-state index contributed by atoms with van der Waals surface area (Å²) in [7, 11) is 0. The molecule has 0 aromatic heterocycles. The first-order chi connectivity index (χ1) is 14.3. The van der Waals surface area contributed by atoms with Crippen molar-refractivity contribution in [3.05, 3.63) is 64.7 Å². The van der Waals surface area contributed by atoms with Gasteiger partial charge in [-0.05, 0) is 62.1 Å². The van der Waals surface area contributed by atoms with Gasteiger partial charge in [-0.25, -0.2) is 0 Å². The normalized spacial score (nSPS) is 12.7. The van der Waals surface area contributed by atoms with Gasteiger partial charge in [-0.15, -0.1) is 0 Å². The number of ether oxygens (including phenoxy) is 1. The van der Waals surface area contributed by atoms with Crippen molar-refractivity contribution in [1.29, 1.82) is 0 Å². The highest BCUT2D eigenvalue weighted by molar-refractivity contribution is 6.30. The number of carbonyl (C=O) groups excluding carboxylic acids is 2. The van der Waals surface area contributed by atoms with Crippen molar-refractivity contribution >= 4 is 23.4 Å². The fraction of sp³-hybridized carbons (Fsp3) is 0.417. The van der Waals surface area contributed by atoms with Crippen molar-refractivity contribution in [2.24, 2.45) is 0 Å². The second-order valence-electron chi connectivity index (χ2n) is 7.43. The van der Waals surface area contributed by atoms with Gasteiger partial charge in [-0.1, -0.05) is 49.7 Å². The molecule has 0 heterocycles. The predicted molar refractivity (Wildman–Crippen MR) is 121 cm³/mol. The number of halogens is 1. The molecule has 2 aromatic rings. The van der Waals surface area contributed by atoms with Crippen LogP contribution in [0.4, 0.5) is 0 Å². The van der Waals surface area contributed by atoms with Crippen LogP contribution in [0.3, 0.4) is 0 Å². The summed E-state index contributed by atoms with van der Waals surface area (Å²) in [5.41, 5.74) is 2.08. The van der Waals surface area contributed by atoms with E-state index in [1.54, 1.807) is 29.2 Å². The van der Waals surface area contributed by atoms with Gasteiger partial charge in [0.15, 0.2) is 6.61 Å². The van der Waals surface area contributed by atoms with Crippen molar-refractivity contribution in [3.63, 3.8) is 0 Å². The van der Waals surface area contributed by atoms with Crippen LogP contribution in [0.2, 0.25) is 5.02 Å². The van der Waals surface area contributed by atoms with Crippen molar-refractivity contribution in [2.75, 3.05) is 6.61 Å². The van der Waals surface area contributed by atoms with Gasteiger partial charge in [0.25, 0.3) is 5.91 Å². The molecule has 0 radical (unpaired) electrons. The molecule has 162 valence electrons. The minimum absolute atomic E-state index is 0.0484. The Morgan fingerprint density at radius 3 is 2.33 bits per heavy atom. The van der Waals surface area contributed by atoms with Crippen LogP contribution in [0, 0.1) is 6.92 Å². The van der Waals surface area contributed by atoms with E-state index in [1.807, 2.05) is 52.0 Å². The summed E-state index contributed by atoms with van der Waals surface area (Å²) >= 11 is 5.90. The van der Waals surface area contributed by atoms with E-state index in [-0.39, 0.29) is 24.5 Å². The Morgan fingerprint density at radius 1 is 1.07 bits per heavy atom. The lowest BCUT2D eigenvalue weighted by atomic mass is 10.1. The van der Waals surface area contributed by atoms with Crippen LogP contribution >= 0.6 is 11.6 Å². The summed E-state index contributed by atoms with van der Waals surface area (Å²) in [4.78, 5) is 27.7. The average Bonchev–Trinajstić information content (AvgIpc) is 2.74. The molecule has 2 unspecified atom stereocenters. The second-order valence-corrected chi connectivity index (χ2v) is 7.87. The van der Waals surface area contributed by atoms with Gasteiger partial charge in [0, 0.05) is 17.6 Å². The maximum absolute atomic E-state index is 13.2. The zero-order chi connectivity index (χ0) is 22.1. The lowest BCUT2D eigenvalue weighted by Crippen LogP contribution is -2.51. The van der Waals surface area contributed by atoms with Crippen molar-refractivity contribution < 1.29 is 14.3 Å². The van der Waals surface area contributed by atoms with Gasteiger partial charge in [0.05, 0.1) is 0 Å². The van der Waals surface area contributed by atoms with E-state index in [9.17, 15) is 9.59 Å². The number of nitrogens with zero attached hydrogens (tertiary/aromatic N) is 1. The van der Waals surface area contributed by atoms with E-state index in [4.69, 9.17) is 16.3 Å². The van der Waals surface area contributed by atoms with Gasteiger partial charge in [0.1, 0.15) is 11.8 Å². The predicted octanol–water partition coefficient (Wildman–Crippen LogP) is 4.75. The molecule has 0 aliphatic heterocycles. The molecule has 2 rings (SSSR count). The SMILES string of the molecule is CCC(C)NC(=O)C(CC)N(Cc1ccccc1C)C(=O)COc1ccc(Cl)cc1. The summed E-state index contributed by atoms with van der Waals surface area (Å²) in [6, 6.07) is 14.2. The monoisotopic (exact) mass is 430 g/mol. The molecule has 0 fully saturated rings. The quantitative estimate of drug-likeness (QED) is 0.591. The summed E-state index contributed by atoms with van der Waals surface area (Å²) < 4.78 is 5.67. The van der Waals surface area contributed by atoms with Crippen LogP contribution in [0.1, 0.15) is 44.7 Å². The van der Waals surface area contributed by atoms with Crippen molar-refractivity contribution in [2.45, 2.75) is 59.2 Å². The minimum Gasteiger partial charge on any atom is -0.484 e. The Kier molecular flexibility index (Phi) is 9.18. The number of amides is 2. The summed E-state index contributed by atoms with van der Waals surface area (Å²) in [6.45, 7) is 8.09. The number of hydrogen-bond donors (Lipinski definition) is 1. The molecule has 0 saturated carbocycles. The zero-order valence-electron chi connectivity index (χ0n) is 18.2. The molecule has 2 amide bonds. The highest BCUT2D eigenvalue weighted by Crippen LogP contribution is 2.18. The molecule has 0 aliphatic carbocycles. The second kappa shape index (κ2) is 11.6. The molecule has 0 saturated heterocycles. The first-order valence-corrected chi connectivity index (χ1v) is 10.8. The van der Waals surface area contributed by atoms with Gasteiger partial charge in [0.2, 0.25) is 5.91 Å². The molecule has 0 aliphatic rings. The van der Waals surface area contributed by atoms with Gasteiger partial charge >= 0.3 is 0 Å². The number of hydrogen-bond acceptors (Lipinski definition) is 3. The van der Waals surface area contributed by atoms with Crippen LogP contribution in [0.5, 0.6) is 5.75 Å². The molecule has 0 bridgehead atoms. The largest absolute Gasteiger partial charge is 0.484 e.